The molecule has 2 aromatic carbocycles. The fourth-order valence-corrected chi connectivity index (χ4v) is 3.31. The predicted molar refractivity (Wildman–Crippen MR) is 120 cm³/mol. The van der Waals surface area contributed by atoms with E-state index in [1.165, 1.54) is 23.7 Å². The molecule has 0 saturated heterocycles. The number of hydrogen-bond acceptors (Lipinski definition) is 6. The topological polar surface area (TPSA) is 95.4 Å². The second-order valence-corrected chi connectivity index (χ2v) is 7.17. The van der Waals surface area contributed by atoms with Crippen molar-refractivity contribution in [3.63, 3.8) is 0 Å². The second-order valence-electron chi connectivity index (χ2n) is 7.17. The first-order valence-corrected chi connectivity index (χ1v) is 9.73. The van der Waals surface area contributed by atoms with Crippen LogP contribution >= 0.6 is 0 Å². The van der Waals surface area contributed by atoms with Crippen molar-refractivity contribution in [3.8, 4) is 5.75 Å². The molecule has 9 nitrogen and oxygen atoms in total. The fraction of sp³-hybridized carbons (Fsp3) is 0.182. The van der Waals surface area contributed by atoms with Gasteiger partial charge >= 0.3 is 5.69 Å². The van der Waals surface area contributed by atoms with Gasteiger partial charge in [0.05, 0.1) is 19.9 Å². The molecule has 0 spiro atoms. The van der Waals surface area contributed by atoms with E-state index in [0.29, 0.717) is 0 Å². The lowest BCUT2D eigenvalue weighted by Gasteiger charge is -2.09. The number of aromatic nitrogens is 4. The minimum absolute atomic E-state index is 0.224. The molecule has 0 unspecified atom stereocenters. The Morgan fingerprint density at radius 1 is 1.06 bits per heavy atom. The number of halogens is 1. The first-order chi connectivity index (χ1) is 15.4. The molecule has 164 valence electrons. The molecule has 1 N–H and O–H groups in total. The number of imidazole rings is 1. The van der Waals surface area contributed by atoms with Gasteiger partial charge in [-0.2, -0.15) is 10.1 Å². The summed E-state index contributed by atoms with van der Waals surface area (Å²) in [7, 11) is 4.55. The second kappa shape index (κ2) is 8.50. The molecular weight excluding hydrogens is 415 g/mol. The number of aryl methyl sites for hydroxylation is 1. The zero-order chi connectivity index (χ0) is 22.8. The van der Waals surface area contributed by atoms with E-state index in [0.717, 1.165) is 21.4 Å². The summed E-state index contributed by atoms with van der Waals surface area (Å²) in [5.41, 5.74) is 3.93. The maximum atomic E-state index is 13.3. The van der Waals surface area contributed by atoms with Crippen LogP contribution in [0.5, 0.6) is 5.75 Å². The number of hydrogen-bond donors (Lipinski definition) is 1. The lowest BCUT2D eigenvalue weighted by molar-refractivity contribution is 0.415. The van der Waals surface area contributed by atoms with Gasteiger partial charge in [0, 0.05) is 14.1 Å². The highest BCUT2D eigenvalue weighted by Crippen LogP contribution is 2.18. The lowest BCUT2D eigenvalue weighted by Crippen LogP contribution is -2.37. The highest BCUT2D eigenvalue weighted by atomic mass is 19.1. The first-order valence-electron chi connectivity index (χ1n) is 9.73. The third-order valence-electron chi connectivity index (χ3n) is 5.10. The number of hydrazone groups is 1. The number of nitrogens with one attached hydrogen (secondary N) is 1. The van der Waals surface area contributed by atoms with Gasteiger partial charge in [-0.15, -0.1) is 0 Å². The quantitative estimate of drug-likeness (QED) is 0.369. The largest absolute Gasteiger partial charge is 0.497 e. The average Bonchev–Trinajstić information content (AvgIpc) is 3.16. The van der Waals surface area contributed by atoms with Crippen LogP contribution in [0.1, 0.15) is 11.1 Å². The van der Waals surface area contributed by atoms with Crippen molar-refractivity contribution in [2.75, 3.05) is 12.5 Å². The van der Waals surface area contributed by atoms with Crippen LogP contribution in [0.4, 0.5) is 10.3 Å². The SMILES string of the molecule is COc1ccc(/C=N/Nc2nc3c(c(=O)n(C)c(=O)n3C)n2Cc2ccc(F)cc2)cc1. The van der Waals surface area contributed by atoms with E-state index in [1.807, 2.05) is 24.3 Å². The van der Waals surface area contributed by atoms with E-state index in [1.54, 1.807) is 37.1 Å². The van der Waals surface area contributed by atoms with Crippen molar-refractivity contribution in [2.45, 2.75) is 6.54 Å². The summed E-state index contributed by atoms with van der Waals surface area (Å²) in [4.78, 5) is 29.7. The Morgan fingerprint density at radius 2 is 1.75 bits per heavy atom. The van der Waals surface area contributed by atoms with E-state index >= 15 is 0 Å². The van der Waals surface area contributed by atoms with Gasteiger partial charge in [-0.1, -0.05) is 12.1 Å². The summed E-state index contributed by atoms with van der Waals surface area (Å²) in [6.07, 6.45) is 1.60. The summed E-state index contributed by atoms with van der Waals surface area (Å²) in [5, 5.41) is 4.23. The highest BCUT2D eigenvalue weighted by molar-refractivity contribution is 5.80. The van der Waals surface area contributed by atoms with Crippen molar-refractivity contribution in [1.29, 1.82) is 0 Å². The first kappa shape index (κ1) is 21.0. The standard InChI is InChI=1S/C22H21FN6O3/c1-27-19-18(20(30)28(2)22(27)31)29(13-15-4-8-16(23)9-5-15)21(25-19)26-24-12-14-6-10-17(32-3)11-7-14/h4-12H,13H2,1-3H3,(H,25,26)/b24-12+. The molecule has 0 aliphatic carbocycles. The number of benzene rings is 2. The Hall–Kier alpha value is -4.21. The van der Waals surface area contributed by atoms with Crippen molar-refractivity contribution >= 4 is 23.3 Å². The molecule has 0 atom stereocenters. The summed E-state index contributed by atoms with van der Waals surface area (Å²) in [6.45, 7) is 0.227. The van der Waals surface area contributed by atoms with Crippen molar-refractivity contribution in [2.24, 2.45) is 19.2 Å². The lowest BCUT2D eigenvalue weighted by atomic mass is 10.2. The summed E-state index contributed by atoms with van der Waals surface area (Å²) < 4.78 is 22.4. The Bertz CT molecular complexity index is 1420. The number of rotatable bonds is 6. The van der Waals surface area contributed by atoms with E-state index in [2.05, 4.69) is 15.5 Å². The van der Waals surface area contributed by atoms with Crippen LogP contribution in [-0.4, -0.2) is 32.0 Å². The van der Waals surface area contributed by atoms with Crippen LogP contribution in [0.2, 0.25) is 0 Å². The molecule has 4 rings (SSSR count). The Kier molecular flexibility index (Phi) is 5.59. The minimum Gasteiger partial charge on any atom is -0.497 e. The molecule has 10 heteroatoms. The van der Waals surface area contributed by atoms with Gasteiger partial charge in [0.15, 0.2) is 11.2 Å². The summed E-state index contributed by atoms with van der Waals surface area (Å²) in [5.74, 6) is 0.644. The van der Waals surface area contributed by atoms with Gasteiger partial charge in [-0.3, -0.25) is 18.5 Å². The molecule has 0 fully saturated rings. The Morgan fingerprint density at radius 3 is 2.41 bits per heavy atom. The number of ether oxygens (including phenoxy) is 1. The van der Waals surface area contributed by atoms with Gasteiger partial charge in [0.1, 0.15) is 11.6 Å². The van der Waals surface area contributed by atoms with E-state index < -0.39 is 11.2 Å². The number of methoxy groups -OCH3 is 1. The van der Waals surface area contributed by atoms with Crippen molar-refractivity contribution in [3.05, 3.63) is 86.3 Å². The monoisotopic (exact) mass is 436 g/mol. The molecule has 32 heavy (non-hydrogen) atoms. The normalized spacial score (nSPS) is 11.4. The van der Waals surface area contributed by atoms with Gasteiger partial charge < -0.3 is 4.74 Å². The molecule has 2 heterocycles. The molecular formula is C22H21FN6O3. The maximum absolute atomic E-state index is 13.3. The molecule has 0 amide bonds. The van der Waals surface area contributed by atoms with Crippen LogP contribution in [-0.2, 0) is 20.6 Å². The summed E-state index contributed by atoms with van der Waals surface area (Å²) >= 11 is 0. The van der Waals surface area contributed by atoms with Crippen molar-refractivity contribution in [1.82, 2.24) is 18.7 Å². The van der Waals surface area contributed by atoms with Crippen LogP contribution < -0.4 is 21.4 Å². The smallest absolute Gasteiger partial charge is 0.332 e. The highest BCUT2D eigenvalue weighted by Gasteiger charge is 2.19. The zero-order valence-corrected chi connectivity index (χ0v) is 17.7. The molecule has 0 radical (unpaired) electrons. The predicted octanol–water partition coefficient (Wildman–Crippen LogP) is 2.08. The number of fused-ring (bicyclic) bond motifs is 1. The Labute approximate surface area is 182 Å². The summed E-state index contributed by atoms with van der Waals surface area (Å²) in [6, 6.07) is 13.2. The van der Waals surface area contributed by atoms with E-state index in [9.17, 15) is 14.0 Å². The molecule has 0 aliphatic rings. The molecule has 2 aromatic heterocycles. The average molecular weight is 436 g/mol. The van der Waals surface area contributed by atoms with Crippen LogP contribution in [0.25, 0.3) is 11.2 Å². The maximum Gasteiger partial charge on any atom is 0.332 e. The van der Waals surface area contributed by atoms with E-state index in [4.69, 9.17) is 4.74 Å². The Balaban J connectivity index is 1.77. The number of nitrogens with zero attached hydrogens (tertiary/aromatic N) is 5. The van der Waals surface area contributed by atoms with Gasteiger partial charge in [0.25, 0.3) is 5.56 Å². The molecule has 4 aromatic rings. The van der Waals surface area contributed by atoms with Gasteiger partial charge in [-0.25, -0.2) is 14.6 Å². The molecule has 0 saturated carbocycles. The van der Waals surface area contributed by atoms with Crippen LogP contribution in [0.15, 0.2) is 63.2 Å². The van der Waals surface area contributed by atoms with Gasteiger partial charge in [-0.05, 0) is 47.5 Å². The van der Waals surface area contributed by atoms with Crippen molar-refractivity contribution < 1.29 is 9.13 Å². The molecule has 0 aliphatic heterocycles. The van der Waals surface area contributed by atoms with E-state index in [-0.39, 0.29) is 29.5 Å². The third-order valence-corrected chi connectivity index (χ3v) is 5.10. The third kappa shape index (κ3) is 3.89. The van der Waals surface area contributed by atoms with Crippen LogP contribution in [0, 0.1) is 5.82 Å². The fourth-order valence-electron chi connectivity index (χ4n) is 3.31. The number of anilines is 1. The van der Waals surface area contributed by atoms with Crippen LogP contribution in [0.3, 0.4) is 0 Å². The van der Waals surface area contributed by atoms with Gasteiger partial charge in [0.2, 0.25) is 5.95 Å². The minimum atomic E-state index is -0.484. The molecule has 0 bridgehead atoms. The zero-order valence-electron chi connectivity index (χ0n) is 17.7.